The van der Waals surface area contributed by atoms with E-state index in [4.69, 9.17) is 0 Å². The molecule has 1 aromatic carbocycles. The molecule has 0 atom stereocenters. The Hall–Kier alpha value is 0.636. The molecule has 10 radical (unpaired) electrons. The van der Waals surface area contributed by atoms with Gasteiger partial charge in [-0.3, -0.25) is 0 Å². The molecule has 2 aliphatic rings. The van der Waals surface area contributed by atoms with E-state index in [2.05, 4.69) is 29.8 Å². The molecule has 2 heteroatoms. The molecule has 0 heterocycles. The molecular formula is C19H23AlZr. The van der Waals surface area contributed by atoms with Crippen LogP contribution in [-0.2, 0) is 26.2 Å². The van der Waals surface area contributed by atoms with Gasteiger partial charge in [-0.1, -0.05) is 0 Å². The molecule has 2 fully saturated rings. The standard InChI is InChI=1S/C6H4.2C5H5.3CH3.Al.Zr/c1-2-4-6-5-3-1;2*1-2-4-5-3-1;;;;;/h1-4H;2*1-5H;3*1H3;;/q-1;;;;;-1;;+2. The monoisotopic (exact) mass is 368 g/mol. The van der Waals surface area contributed by atoms with Crippen LogP contribution in [0, 0.1) is 77.7 Å². The van der Waals surface area contributed by atoms with Crippen molar-refractivity contribution in [3.05, 3.63) is 102 Å². The van der Waals surface area contributed by atoms with Gasteiger partial charge in [0.15, 0.2) is 0 Å². The number of hydrogen-bond donors (Lipinski definition) is 0. The predicted octanol–water partition coefficient (Wildman–Crippen LogP) is 3.94. The Kier molecular flexibility index (Phi) is 19.3. The maximum Gasteiger partial charge on any atom is 2.00 e. The van der Waals surface area contributed by atoms with E-state index in [1.807, 2.05) is 76.3 Å². The van der Waals surface area contributed by atoms with Crippen LogP contribution < -0.4 is 4.43 Å². The van der Waals surface area contributed by atoms with Crippen LogP contribution >= 0.6 is 0 Å². The second-order valence-corrected chi connectivity index (χ2v) is 7.33. The predicted molar refractivity (Wildman–Crippen MR) is 91.8 cm³/mol. The normalized spacial score (nSPS) is 15.3. The van der Waals surface area contributed by atoms with Crippen molar-refractivity contribution in [2.45, 2.75) is 11.6 Å². The van der Waals surface area contributed by atoms with Crippen molar-refractivity contribution in [2.24, 2.45) is 0 Å². The van der Waals surface area contributed by atoms with Gasteiger partial charge in [0, 0.05) is 0 Å². The van der Waals surface area contributed by atoms with Crippen LogP contribution in [0.3, 0.4) is 0 Å². The van der Waals surface area contributed by atoms with Crippen LogP contribution in [0.5, 0.6) is 0 Å². The topological polar surface area (TPSA) is 0 Å². The molecule has 0 N–H and O–H groups in total. The van der Waals surface area contributed by atoms with Crippen LogP contribution in [0.2, 0.25) is 11.6 Å². The smallest absolute Gasteiger partial charge is 0.358 e. The van der Waals surface area contributed by atoms with Gasteiger partial charge >= 0.3 is 26.2 Å². The molecular weight excluding hydrogens is 346 g/mol. The Balaban J connectivity index is 0. The van der Waals surface area contributed by atoms with Gasteiger partial charge in [-0.25, -0.2) is 4.43 Å². The summed E-state index contributed by atoms with van der Waals surface area (Å²) >= 11 is -0.584. The SMILES string of the molecule is [CH3-].[CH3][Al]([CH3])[c]1[c-]cccc1.[CH]1[CH][CH][CH][CH]1.[CH]1[CH][CH][CH][CH]1.[Zr+2]. The molecule has 2 aliphatic carbocycles. The van der Waals surface area contributed by atoms with Crippen molar-refractivity contribution < 1.29 is 26.2 Å². The maximum atomic E-state index is 3.23. The van der Waals surface area contributed by atoms with Crippen LogP contribution in [0.4, 0.5) is 0 Å². The van der Waals surface area contributed by atoms with Gasteiger partial charge in [0.2, 0.25) is 0 Å². The van der Waals surface area contributed by atoms with E-state index in [0.29, 0.717) is 0 Å². The fraction of sp³-hybridized carbons (Fsp3) is 0.105. The van der Waals surface area contributed by atoms with Crippen LogP contribution in [0.15, 0.2) is 24.3 Å². The second-order valence-electron chi connectivity index (χ2n) is 4.40. The summed E-state index contributed by atoms with van der Waals surface area (Å²) in [5, 5.41) is 0. The van der Waals surface area contributed by atoms with Gasteiger partial charge in [0.1, 0.15) is 0 Å². The first-order chi connectivity index (χ1) is 9.30. The Bertz CT molecular complexity index is 264. The average Bonchev–Trinajstić information content (AvgIpc) is 3.18. The Morgan fingerprint density at radius 1 is 0.714 bits per heavy atom. The van der Waals surface area contributed by atoms with Crippen molar-refractivity contribution in [3.8, 4) is 0 Å². The van der Waals surface area contributed by atoms with Gasteiger partial charge in [0.05, 0.1) is 0 Å². The number of rotatable bonds is 1. The fourth-order valence-electron chi connectivity index (χ4n) is 1.41. The van der Waals surface area contributed by atoms with Crippen molar-refractivity contribution >= 4 is 18.6 Å². The summed E-state index contributed by atoms with van der Waals surface area (Å²) in [6.45, 7) is 0. The molecule has 106 valence electrons. The largest absolute Gasteiger partial charge is 2.00 e. The summed E-state index contributed by atoms with van der Waals surface area (Å²) in [5.74, 6) is 4.62. The molecule has 0 aliphatic heterocycles. The summed E-state index contributed by atoms with van der Waals surface area (Å²) in [7, 11) is 0. The number of benzene rings is 1. The van der Waals surface area contributed by atoms with Gasteiger partial charge in [0.25, 0.3) is 14.1 Å². The van der Waals surface area contributed by atoms with Gasteiger partial charge in [-0.15, -0.1) is 11.6 Å². The molecule has 0 aromatic heterocycles. The third-order valence-electron chi connectivity index (χ3n) is 2.47. The first kappa shape index (κ1) is 23.9. The minimum atomic E-state index is -0.584. The van der Waals surface area contributed by atoms with Crippen LogP contribution in [-0.4, -0.2) is 14.1 Å². The first-order valence-corrected chi connectivity index (χ1v) is 9.49. The molecule has 3 rings (SSSR count). The van der Waals surface area contributed by atoms with Gasteiger partial charge in [-0.05, 0) is 64.2 Å². The molecule has 0 spiro atoms. The zero-order valence-electron chi connectivity index (χ0n) is 13.2. The van der Waals surface area contributed by atoms with Gasteiger partial charge in [-0.2, -0.15) is 30.3 Å². The van der Waals surface area contributed by atoms with E-state index >= 15 is 0 Å². The minimum Gasteiger partial charge on any atom is -0.358 e. The first-order valence-electron chi connectivity index (χ1n) is 6.60. The van der Waals surface area contributed by atoms with Gasteiger partial charge < -0.3 is 7.43 Å². The number of hydrogen-bond acceptors (Lipinski definition) is 0. The summed E-state index contributed by atoms with van der Waals surface area (Å²) in [5.41, 5.74) is 0. The zero-order chi connectivity index (χ0) is 13.8. The molecule has 2 saturated carbocycles. The van der Waals surface area contributed by atoms with E-state index in [-0.39, 0.29) is 33.6 Å². The average molecular weight is 370 g/mol. The zero-order valence-corrected chi connectivity index (χ0v) is 16.8. The summed E-state index contributed by atoms with van der Waals surface area (Å²) < 4.78 is 1.43. The second kappa shape index (κ2) is 17.0. The Labute approximate surface area is 157 Å². The molecule has 0 unspecified atom stereocenters. The minimum absolute atomic E-state index is 0. The third-order valence-corrected chi connectivity index (χ3v) is 4.07. The molecule has 0 saturated heterocycles. The van der Waals surface area contributed by atoms with E-state index in [9.17, 15) is 0 Å². The quantitative estimate of drug-likeness (QED) is 0.520. The van der Waals surface area contributed by atoms with E-state index in [1.165, 1.54) is 4.43 Å². The molecule has 21 heavy (non-hydrogen) atoms. The summed E-state index contributed by atoms with van der Waals surface area (Å²) in [4.78, 5) is 0. The fourth-order valence-corrected chi connectivity index (χ4v) is 2.33. The van der Waals surface area contributed by atoms with Crippen molar-refractivity contribution in [1.82, 2.24) is 0 Å². The van der Waals surface area contributed by atoms with Crippen LogP contribution in [0.25, 0.3) is 0 Å². The Morgan fingerprint density at radius 2 is 1.10 bits per heavy atom. The molecule has 1 aromatic rings. The molecule has 0 bridgehead atoms. The van der Waals surface area contributed by atoms with Crippen molar-refractivity contribution in [2.75, 3.05) is 0 Å². The van der Waals surface area contributed by atoms with Crippen molar-refractivity contribution in [3.63, 3.8) is 0 Å². The van der Waals surface area contributed by atoms with Crippen LogP contribution in [0.1, 0.15) is 0 Å². The van der Waals surface area contributed by atoms with Crippen molar-refractivity contribution in [1.29, 1.82) is 0 Å². The van der Waals surface area contributed by atoms with E-state index in [1.54, 1.807) is 0 Å². The molecule has 0 nitrogen and oxygen atoms in total. The summed E-state index contributed by atoms with van der Waals surface area (Å²) in [6, 6.07) is 11.5. The van der Waals surface area contributed by atoms with E-state index in [0.717, 1.165) is 0 Å². The Morgan fingerprint density at radius 3 is 1.29 bits per heavy atom. The molecule has 0 amide bonds. The van der Waals surface area contributed by atoms with E-state index < -0.39 is 14.1 Å². The third kappa shape index (κ3) is 14.0. The maximum absolute atomic E-state index is 3.23. The summed E-state index contributed by atoms with van der Waals surface area (Å²) in [6.07, 6.45) is 20.0.